The number of hydrogen-bond donors (Lipinski definition) is 1. The first-order valence-electron chi connectivity index (χ1n) is 10.2. The quantitative estimate of drug-likeness (QED) is 0.337. The summed E-state index contributed by atoms with van der Waals surface area (Å²) in [5, 5.41) is 13.8. The third kappa shape index (κ3) is 4.42. The fourth-order valence-corrected chi connectivity index (χ4v) is 3.31. The monoisotopic (exact) mass is 418 g/mol. The molecule has 0 spiro atoms. The van der Waals surface area contributed by atoms with Crippen LogP contribution in [0.1, 0.15) is 25.8 Å². The molecule has 0 amide bonds. The summed E-state index contributed by atoms with van der Waals surface area (Å²) >= 11 is 0. The highest BCUT2D eigenvalue weighted by atomic mass is 16.5. The van der Waals surface area contributed by atoms with Crippen LogP contribution in [0.2, 0.25) is 0 Å². The van der Waals surface area contributed by atoms with E-state index in [4.69, 9.17) is 9.47 Å². The summed E-state index contributed by atoms with van der Waals surface area (Å²) in [6.45, 7) is 5.00. The van der Waals surface area contributed by atoms with Crippen LogP contribution in [0.15, 0.2) is 47.6 Å². The van der Waals surface area contributed by atoms with Crippen LogP contribution in [-0.4, -0.2) is 39.7 Å². The van der Waals surface area contributed by atoms with Gasteiger partial charge in [0.1, 0.15) is 5.52 Å². The lowest BCUT2D eigenvalue weighted by molar-refractivity contribution is 0.273. The van der Waals surface area contributed by atoms with E-state index in [-0.39, 0.29) is 0 Å². The molecule has 0 fully saturated rings. The van der Waals surface area contributed by atoms with Crippen LogP contribution in [0.3, 0.4) is 0 Å². The average molecular weight is 419 g/mol. The minimum absolute atomic E-state index is 0.329. The summed E-state index contributed by atoms with van der Waals surface area (Å²) in [5.74, 6) is 2.31. The Kier molecular flexibility index (Phi) is 5.97. The van der Waals surface area contributed by atoms with Gasteiger partial charge in [-0.1, -0.05) is 32.0 Å². The number of hydrazone groups is 1. The van der Waals surface area contributed by atoms with Crippen LogP contribution in [-0.2, 0) is 7.05 Å². The van der Waals surface area contributed by atoms with Gasteiger partial charge in [0.2, 0.25) is 0 Å². The molecule has 31 heavy (non-hydrogen) atoms. The highest BCUT2D eigenvalue weighted by Gasteiger charge is 2.12. The van der Waals surface area contributed by atoms with Gasteiger partial charge in [-0.15, -0.1) is 10.2 Å². The second-order valence-corrected chi connectivity index (χ2v) is 7.70. The Hall–Kier alpha value is -3.68. The number of methoxy groups -OCH3 is 1. The van der Waals surface area contributed by atoms with Crippen molar-refractivity contribution in [3.05, 3.63) is 48.0 Å². The first-order chi connectivity index (χ1) is 15.1. The third-order valence-corrected chi connectivity index (χ3v) is 5.03. The number of aryl methyl sites for hydroxylation is 1. The lowest BCUT2D eigenvalue weighted by atomic mass is 10.1. The van der Waals surface area contributed by atoms with Crippen molar-refractivity contribution < 1.29 is 9.47 Å². The van der Waals surface area contributed by atoms with Gasteiger partial charge in [0.05, 0.1) is 25.4 Å². The normalized spacial score (nSPS) is 11.6. The van der Waals surface area contributed by atoms with Gasteiger partial charge in [-0.05, 0) is 42.2 Å². The zero-order chi connectivity index (χ0) is 21.8. The Labute approximate surface area is 180 Å². The van der Waals surface area contributed by atoms with Crippen molar-refractivity contribution in [1.82, 2.24) is 19.7 Å². The summed E-state index contributed by atoms with van der Waals surface area (Å²) in [7, 11) is 3.59. The molecule has 2 aromatic heterocycles. The standard InChI is InChI=1S/C23H26N6O2/c1-15(2)11-12-31-19-10-9-16(13-20(19)30-4)14-24-27-23-25-22-21(26-28-23)17-7-5-6-8-18(17)29(22)3/h5-10,13-15H,11-12H2,1-4H3,(H,25,27,28)/b24-14+. The minimum Gasteiger partial charge on any atom is -0.493 e. The van der Waals surface area contributed by atoms with E-state index in [1.807, 2.05) is 54.1 Å². The number of fused-ring (bicyclic) bond motifs is 3. The number of anilines is 1. The van der Waals surface area contributed by atoms with E-state index >= 15 is 0 Å². The van der Waals surface area contributed by atoms with Crippen LogP contribution < -0.4 is 14.9 Å². The van der Waals surface area contributed by atoms with Crippen molar-refractivity contribution in [3.63, 3.8) is 0 Å². The number of nitrogens with one attached hydrogen (secondary N) is 1. The molecule has 0 radical (unpaired) electrons. The number of nitrogens with zero attached hydrogens (tertiary/aromatic N) is 5. The zero-order valence-corrected chi connectivity index (χ0v) is 18.2. The van der Waals surface area contributed by atoms with Gasteiger partial charge >= 0.3 is 0 Å². The highest BCUT2D eigenvalue weighted by molar-refractivity contribution is 6.04. The second kappa shape index (κ2) is 8.99. The largest absolute Gasteiger partial charge is 0.493 e. The number of ether oxygens (including phenoxy) is 2. The lowest BCUT2D eigenvalue weighted by Crippen LogP contribution is -2.03. The molecule has 0 saturated carbocycles. The second-order valence-electron chi connectivity index (χ2n) is 7.70. The molecule has 160 valence electrons. The predicted octanol–water partition coefficient (Wildman–Crippen LogP) is 4.40. The molecule has 0 aliphatic heterocycles. The molecule has 4 aromatic rings. The summed E-state index contributed by atoms with van der Waals surface area (Å²) in [5.41, 5.74) is 6.29. The van der Waals surface area contributed by atoms with Gasteiger partial charge in [-0.3, -0.25) is 0 Å². The molecule has 0 saturated heterocycles. The van der Waals surface area contributed by atoms with Gasteiger partial charge in [-0.2, -0.15) is 10.1 Å². The Morgan fingerprint density at radius 3 is 2.77 bits per heavy atom. The van der Waals surface area contributed by atoms with Crippen molar-refractivity contribution >= 4 is 34.2 Å². The number of hydrogen-bond acceptors (Lipinski definition) is 7. The highest BCUT2D eigenvalue weighted by Crippen LogP contribution is 2.28. The van der Waals surface area contributed by atoms with Crippen molar-refractivity contribution in [2.45, 2.75) is 20.3 Å². The van der Waals surface area contributed by atoms with Gasteiger partial charge in [-0.25, -0.2) is 5.43 Å². The molecule has 2 aromatic carbocycles. The van der Waals surface area contributed by atoms with Crippen LogP contribution in [0, 0.1) is 5.92 Å². The van der Waals surface area contributed by atoms with E-state index in [0.717, 1.165) is 39.8 Å². The topological polar surface area (TPSA) is 86.5 Å². The average Bonchev–Trinajstić information content (AvgIpc) is 3.06. The Bertz CT molecular complexity index is 1230. The van der Waals surface area contributed by atoms with E-state index in [1.165, 1.54) is 0 Å². The van der Waals surface area contributed by atoms with Gasteiger partial charge in [0.25, 0.3) is 5.95 Å². The fourth-order valence-electron chi connectivity index (χ4n) is 3.31. The van der Waals surface area contributed by atoms with E-state index < -0.39 is 0 Å². The van der Waals surface area contributed by atoms with E-state index in [0.29, 0.717) is 24.2 Å². The maximum absolute atomic E-state index is 5.83. The number of para-hydroxylation sites is 1. The molecule has 0 atom stereocenters. The van der Waals surface area contributed by atoms with E-state index in [1.54, 1.807) is 13.3 Å². The molecule has 0 aliphatic carbocycles. The van der Waals surface area contributed by atoms with Gasteiger partial charge < -0.3 is 14.0 Å². The van der Waals surface area contributed by atoms with E-state index in [2.05, 4.69) is 39.6 Å². The molecule has 0 unspecified atom stereocenters. The molecule has 1 N–H and O–H groups in total. The maximum Gasteiger partial charge on any atom is 0.265 e. The first kappa shape index (κ1) is 20.6. The van der Waals surface area contributed by atoms with Crippen LogP contribution in [0.4, 0.5) is 5.95 Å². The lowest BCUT2D eigenvalue weighted by Gasteiger charge is -2.12. The van der Waals surface area contributed by atoms with Crippen LogP contribution in [0.5, 0.6) is 11.5 Å². The molecule has 2 heterocycles. The number of aromatic nitrogens is 4. The minimum atomic E-state index is 0.329. The van der Waals surface area contributed by atoms with Crippen molar-refractivity contribution in [2.75, 3.05) is 19.1 Å². The summed E-state index contributed by atoms with van der Waals surface area (Å²) in [6, 6.07) is 13.7. The van der Waals surface area contributed by atoms with Gasteiger partial charge in [0, 0.05) is 12.4 Å². The molecular formula is C23H26N6O2. The fraction of sp³-hybridized carbons (Fsp3) is 0.304. The molecule has 8 nitrogen and oxygen atoms in total. The number of benzene rings is 2. The SMILES string of the molecule is COc1cc(/C=N/Nc2nnc3c4ccccc4n(C)c3n2)ccc1OCCC(C)C. The Balaban J connectivity index is 1.48. The van der Waals surface area contributed by atoms with Crippen molar-refractivity contribution in [1.29, 1.82) is 0 Å². The molecule has 0 aliphatic rings. The summed E-state index contributed by atoms with van der Waals surface area (Å²) in [6.07, 6.45) is 2.67. The van der Waals surface area contributed by atoms with E-state index in [9.17, 15) is 0 Å². The molecule has 8 heteroatoms. The Morgan fingerprint density at radius 1 is 1.13 bits per heavy atom. The zero-order valence-electron chi connectivity index (χ0n) is 18.2. The first-order valence-corrected chi connectivity index (χ1v) is 10.2. The number of rotatable bonds is 8. The van der Waals surface area contributed by atoms with Crippen LogP contribution >= 0.6 is 0 Å². The molecule has 4 rings (SSSR count). The molecular weight excluding hydrogens is 392 g/mol. The van der Waals surface area contributed by atoms with Crippen LogP contribution in [0.25, 0.3) is 22.1 Å². The smallest absolute Gasteiger partial charge is 0.265 e. The summed E-state index contributed by atoms with van der Waals surface area (Å²) in [4.78, 5) is 4.56. The summed E-state index contributed by atoms with van der Waals surface area (Å²) < 4.78 is 13.3. The van der Waals surface area contributed by atoms with Crippen molar-refractivity contribution in [3.8, 4) is 11.5 Å². The Morgan fingerprint density at radius 2 is 1.97 bits per heavy atom. The third-order valence-electron chi connectivity index (χ3n) is 5.03. The maximum atomic E-state index is 5.83. The molecule has 0 bridgehead atoms. The van der Waals surface area contributed by atoms with Gasteiger partial charge in [0.15, 0.2) is 17.1 Å². The predicted molar refractivity (Wildman–Crippen MR) is 123 cm³/mol. The van der Waals surface area contributed by atoms with Crippen molar-refractivity contribution in [2.24, 2.45) is 18.1 Å².